The van der Waals surface area contributed by atoms with Crippen LogP contribution in [-0.4, -0.2) is 45.1 Å². The number of nitrogens with one attached hydrogen (secondary N) is 2. The van der Waals surface area contributed by atoms with Crippen LogP contribution in [-0.2, 0) is 14.8 Å². The van der Waals surface area contributed by atoms with Gasteiger partial charge in [0.25, 0.3) is 15.9 Å². The Hall–Kier alpha value is -3.86. The van der Waals surface area contributed by atoms with Crippen LogP contribution in [0.25, 0.3) is 0 Å². The van der Waals surface area contributed by atoms with Gasteiger partial charge in [-0.15, -0.1) is 0 Å². The maximum atomic E-state index is 12.7. The van der Waals surface area contributed by atoms with Crippen LogP contribution < -0.4 is 24.2 Å². The van der Waals surface area contributed by atoms with Gasteiger partial charge in [-0.1, -0.05) is 6.07 Å². The van der Waals surface area contributed by atoms with Crippen LogP contribution in [0.3, 0.4) is 0 Å². The predicted molar refractivity (Wildman–Crippen MR) is 122 cm³/mol. The Bertz CT molecular complexity index is 1220. The summed E-state index contributed by atoms with van der Waals surface area (Å²) in [6.45, 7) is 3.78. The average molecular weight is 473 g/mol. The fourth-order valence-electron chi connectivity index (χ4n) is 2.72. The van der Waals surface area contributed by atoms with Crippen molar-refractivity contribution in [1.82, 2.24) is 9.97 Å². The van der Waals surface area contributed by atoms with Gasteiger partial charge >= 0.3 is 6.01 Å². The number of anilines is 2. The van der Waals surface area contributed by atoms with Gasteiger partial charge in [-0.2, -0.15) is 9.97 Å². The van der Waals surface area contributed by atoms with Crippen molar-refractivity contribution in [3.63, 3.8) is 0 Å². The smallest absolute Gasteiger partial charge is 0.321 e. The molecule has 11 heteroatoms. The molecule has 0 aliphatic rings. The van der Waals surface area contributed by atoms with Gasteiger partial charge in [0.15, 0.2) is 12.4 Å². The predicted octanol–water partition coefficient (Wildman–Crippen LogP) is 2.93. The summed E-state index contributed by atoms with van der Waals surface area (Å²) in [6.07, 6.45) is 0. The second-order valence-corrected chi connectivity index (χ2v) is 8.68. The number of ether oxygens (including phenoxy) is 3. The molecule has 0 fully saturated rings. The normalized spacial score (nSPS) is 10.9. The van der Waals surface area contributed by atoms with E-state index in [1.165, 1.54) is 44.6 Å². The summed E-state index contributed by atoms with van der Waals surface area (Å²) in [5.74, 6) is 0.348. The molecule has 33 heavy (non-hydrogen) atoms. The number of nitrogens with zero attached hydrogens (tertiary/aromatic N) is 2. The van der Waals surface area contributed by atoms with Crippen LogP contribution in [0.5, 0.6) is 17.6 Å². The molecule has 10 nitrogen and oxygen atoms in total. The number of methoxy groups -OCH3 is 2. The Labute approximate surface area is 192 Å². The fourth-order valence-corrected chi connectivity index (χ4v) is 3.71. The van der Waals surface area contributed by atoms with E-state index in [0.717, 1.165) is 11.1 Å². The summed E-state index contributed by atoms with van der Waals surface area (Å²) in [5.41, 5.74) is 2.62. The van der Waals surface area contributed by atoms with Crippen LogP contribution in [0.4, 0.5) is 11.5 Å². The highest BCUT2D eigenvalue weighted by molar-refractivity contribution is 7.92. The Morgan fingerprint density at radius 1 is 0.939 bits per heavy atom. The third-order valence-electron chi connectivity index (χ3n) is 4.61. The largest absolute Gasteiger partial charge is 0.484 e. The molecule has 0 atom stereocenters. The summed E-state index contributed by atoms with van der Waals surface area (Å²) in [7, 11) is -1.21. The molecule has 174 valence electrons. The van der Waals surface area contributed by atoms with Crippen molar-refractivity contribution in [3.05, 3.63) is 59.7 Å². The van der Waals surface area contributed by atoms with Gasteiger partial charge in [0.2, 0.25) is 5.88 Å². The molecule has 0 aliphatic heterocycles. The number of carbonyl (C=O) groups excluding carboxylic acids is 1. The lowest BCUT2D eigenvalue weighted by molar-refractivity contribution is -0.118. The second-order valence-electron chi connectivity index (χ2n) is 7.00. The van der Waals surface area contributed by atoms with E-state index in [2.05, 4.69) is 20.0 Å². The number of sulfonamides is 1. The second kappa shape index (κ2) is 10.2. The molecular formula is C22H24N4O6S. The molecule has 0 spiro atoms. The number of amides is 1. The molecule has 0 radical (unpaired) electrons. The van der Waals surface area contributed by atoms with E-state index >= 15 is 0 Å². The molecule has 2 N–H and O–H groups in total. The van der Waals surface area contributed by atoms with Crippen LogP contribution in [0.2, 0.25) is 0 Å². The minimum atomic E-state index is -3.95. The summed E-state index contributed by atoms with van der Waals surface area (Å²) in [5, 5.41) is 2.66. The molecular weight excluding hydrogens is 448 g/mol. The number of rotatable bonds is 9. The molecule has 1 aromatic heterocycles. The highest BCUT2D eigenvalue weighted by atomic mass is 32.2. The van der Waals surface area contributed by atoms with Crippen molar-refractivity contribution >= 4 is 27.4 Å². The van der Waals surface area contributed by atoms with E-state index in [4.69, 9.17) is 14.2 Å². The van der Waals surface area contributed by atoms with E-state index in [9.17, 15) is 13.2 Å². The fraction of sp³-hybridized carbons (Fsp3) is 0.227. The van der Waals surface area contributed by atoms with Crippen molar-refractivity contribution in [3.8, 4) is 17.6 Å². The Morgan fingerprint density at radius 2 is 1.67 bits per heavy atom. The average Bonchev–Trinajstić information content (AvgIpc) is 2.79. The first-order chi connectivity index (χ1) is 15.7. The molecule has 0 unspecified atom stereocenters. The zero-order valence-corrected chi connectivity index (χ0v) is 19.4. The Balaban J connectivity index is 1.62. The lowest BCUT2D eigenvalue weighted by atomic mass is 10.1. The number of hydrogen-bond acceptors (Lipinski definition) is 8. The zero-order chi connectivity index (χ0) is 24.0. The number of benzene rings is 2. The minimum absolute atomic E-state index is 0.0143. The van der Waals surface area contributed by atoms with E-state index in [1.54, 1.807) is 6.07 Å². The van der Waals surface area contributed by atoms with Crippen molar-refractivity contribution < 1.29 is 27.4 Å². The van der Waals surface area contributed by atoms with E-state index in [1.807, 2.05) is 26.0 Å². The van der Waals surface area contributed by atoms with Gasteiger partial charge in [0.1, 0.15) is 5.75 Å². The molecule has 1 amide bonds. The molecule has 0 aliphatic carbocycles. The van der Waals surface area contributed by atoms with Gasteiger partial charge in [0.05, 0.1) is 19.1 Å². The van der Waals surface area contributed by atoms with E-state index in [-0.39, 0.29) is 35.1 Å². The molecule has 3 rings (SSSR count). The van der Waals surface area contributed by atoms with Crippen LogP contribution in [0.15, 0.2) is 53.4 Å². The summed E-state index contributed by atoms with van der Waals surface area (Å²) >= 11 is 0. The third kappa shape index (κ3) is 6.32. The molecule has 0 saturated carbocycles. The van der Waals surface area contributed by atoms with Crippen molar-refractivity contribution in [2.24, 2.45) is 0 Å². The Morgan fingerprint density at radius 3 is 2.30 bits per heavy atom. The number of carbonyl (C=O) groups is 1. The van der Waals surface area contributed by atoms with E-state index in [0.29, 0.717) is 11.4 Å². The first-order valence-corrected chi connectivity index (χ1v) is 11.3. The lowest BCUT2D eigenvalue weighted by Gasteiger charge is -2.11. The van der Waals surface area contributed by atoms with Gasteiger partial charge in [-0.3, -0.25) is 9.52 Å². The summed E-state index contributed by atoms with van der Waals surface area (Å²) in [4.78, 5) is 20.0. The standard InChI is InChI=1S/C22H24N4O6S/c1-14-5-8-17(11-15(14)2)32-13-20(27)23-16-6-9-18(10-7-16)33(28,29)26-19-12-21(30-3)25-22(24-19)31-4/h5-12H,13H2,1-4H3,(H,23,27)(H,24,25,26). The maximum Gasteiger partial charge on any atom is 0.321 e. The third-order valence-corrected chi connectivity index (χ3v) is 5.98. The SMILES string of the molecule is COc1cc(NS(=O)(=O)c2ccc(NC(=O)COc3ccc(C)c(C)c3)cc2)nc(OC)n1. The maximum absolute atomic E-state index is 12.7. The molecule has 3 aromatic rings. The van der Waals surface area contributed by atoms with Gasteiger partial charge in [-0.25, -0.2) is 8.42 Å². The molecule has 0 saturated heterocycles. The van der Waals surface area contributed by atoms with Crippen molar-refractivity contribution in [1.29, 1.82) is 0 Å². The van der Waals surface area contributed by atoms with Crippen LogP contribution >= 0.6 is 0 Å². The number of aromatic nitrogens is 2. The van der Waals surface area contributed by atoms with Crippen LogP contribution in [0, 0.1) is 13.8 Å². The lowest BCUT2D eigenvalue weighted by Crippen LogP contribution is -2.20. The Kier molecular flexibility index (Phi) is 7.34. The summed E-state index contributed by atoms with van der Waals surface area (Å²) < 4.78 is 43.2. The quantitative estimate of drug-likeness (QED) is 0.486. The molecule has 0 bridgehead atoms. The first kappa shape index (κ1) is 23.8. The van der Waals surface area contributed by atoms with Gasteiger partial charge in [0, 0.05) is 11.8 Å². The van der Waals surface area contributed by atoms with Crippen molar-refractivity contribution in [2.45, 2.75) is 18.7 Å². The number of hydrogen-bond donors (Lipinski definition) is 2. The topological polar surface area (TPSA) is 129 Å². The monoisotopic (exact) mass is 472 g/mol. The highest BCUT2D eigenvalue weighted by Crippen LogP contribution is 2.22. The number of aryl methyl sites for hydroxylation is 2. The van der Waals surface area contributed by atoms with Crippen molar-refractivity contribution in [2.75, 3.05) is 30.9 Å². The molecule has 2 aromatic carbocycles. The zero-order valence-electron chi connectivity index (χ0n) is 18.6. The first-order valence-electron chi connectivity index (χ1n) is 9.80. The van der Waals surface area contributed by atoms with Gasteiger partial charge in [-0.05, 0) is 61.4 Å². The minimum Gasteiger partial charge on any atom is -0.484 e. The van der Waals surface area contributed by atoms with Crippen LogP contribution in [0.1, 0.15) is 11.1 Å². The molecule has 1 heterocycles. The summed E-state index contributed by atoms with van der Waals surface area (Å²) in [6, 6.07) is 12.5. The van der Waals surface area contributed by atoms with E-state index < -0.39 is 10.0 Å². The van der Waals surface area contributed by atoms with Gasteiger partial charge < -0.3 is 19.5 Å². The highest BCUT2D eigenvalue weighted by Gasteiger charge is 2.17.